The highest BCUT2D eigenvalue weighted by atomic mass is 16.5. The lowest BCUT2D eigenvalue weighted by Gasteiger charge is -2.19. The maximum absolute atomic E-state index is 11.0. The van der Waals surface area contributed by atoms with Crippen LogP contribution in [-0.2, 0) is 19.1 Å². The van der Waals surface area contributed by atoms with Crippen LogP contribution in [0.4, 0.5) is 0 Å². The number of amides is 2. The second kappa shape index (κ2) is 12.4. The zero-order chi connectivity index (χ0) is 17.0. The van der Waals surface area contributed by atoms with Gasteiger partial charge in [0.25, 0.3) is 0 Å². The van der Waals surface area contributed by atoms with E-state index >= 15 is 0 Å². The fraction of sp³-hybridized carbons (Fsp3) is 0.867. The summed E-state index contributed by atoms with van der Waals surface area (Å²) in [6, 6.07) is 0. The van der Waals surface area contributed by atoms with Gasteiger partial charge in [0, 0.05) is 54.1 Å². The van der Waals surface area contributed by atoms with Crippen molar-refractivity contribution >= 4 is 11.8 Å². The molecule has 0 aromatic rings. The SMILES string of the molecule is CC(=O)N(C)CCOCCN(C)CCOCCN(C)C(C)=O. The minimum atomic E-state index is 0.0493. The van der Waals surface area contributed by atoms with Crippen LogP contribution < -0.4 is 0 Å². The Kier molecular flexibility index (Phi) is 11.7. The third-order valence-electron chi connectivity index (χ3n) is 3.45. The molecule has 0 aromatic carbocycles. The average molecular weight is 317 g/mol. The van der Waals surface area contributed by atoms with Gasteiger partial charge in [0.2, 0.25) is 11.8 Å². The number of ether oxygens (including phenoxy) is 2. The highest BCUT2D eigenvalue weighted by molar-refractivity contribution is 5.73. The van der Waals surface area contributed by atoms with Crippen molar-refractivity contribution in [2.75, 3.05) is 73.7 Å². The highest BCUT2D eigenvalue weighted by Crippen LogP contribution is 1.89. The molecule has 7 nitrogen and oxygen atoms in total. The Hall–Kier alpha value is -1.18. The summed E-state index contributed by atoms with van der Waals surface area (Å²) in [4.78, 5) is 27.4. The van der Waals surface area contributed by atoms with Crippen molar-refractivity contribution in [3.05, 3.63) is 0 Å². The maximum Gasteiger partial charge on any atom is 0.219 e. The maximum atomic E-state index is 11.0. The predicted octanol–water partition coefficient (Wildman–Crippen LogP) is -0.0920. The first-order chi connectivity index (χ1) is 10.3. The smallest absolute Gasteiger partial charge is 0.219 e. The van der Waals surface area contributed by atoms with Crippen LogP contribution in [0.2, 0.25) is 0 Å². The van der Waals surface area contributed by atoms with Gasteiger partial charge in [0.1, 0.15) is 0 Å². The average Bonchev–Trinajstić information content (AvgIpc) is 2.45. The molecule has 0 bridgehead atoms. The summed E-state index contributed by atoms with van der Waals surface area (Å²) in [6.45, 7) is 8.34. The fourth-order valence-corrected chi connectivity index (χ4v) is 1.47. The summed E-state index contributed by atoms with van der Waals surface area (Å²) in [6.07, 6.45) is 0. The van der Waals surface area contributed by atoms with E-state index in [2.05, 4.69) is 4.90 Å². The van der Waals surface area contributed by atoms with Crippen LogP contribution in [0, 0.1) is 0 Å². The van der Waals surface area contributed by atoms with Gasteiger partial charge in [-0.05, 0) is 7.05 Å². The van der Waals surface area contributed by atoms with Gasteiger partial charge in [-0.1, -0.05) is 0 Å². The second-order valence-electron chi connectivity index (χ2n) is 5.41. The Balaban J connectivity index is 3.41. The molecule has 0 heterocycles. The fourth-order valence-electron chi connectivity index (χ4n) is 1.47. The molecular weight excluding hydrogens is 286 g/mol. The molecule has 22 heavy (non-hydrogen) atoms. The van der Waals surface area contributed by atoms with Crippen LogP contribution in [0.15, 0.2) is 0 Å². The van der Waals surface area contributed by atoms with Crippen molar-refractivity contribution in [2.45, 2.75) is 13.8 Å². The zero-order valence-electron chi connectivity index (χ0n) is 14.6. The molecule has 0 rings (SSSR count). The Morgan fingerprint density at radius 2 is 1.00 bits per heavy atom. The molecule has 7 heteroatoms. The van der Waals surface area contributed by atoms with Crippen molar-refractivity contribution in [3.63, 3.8) is 0 Å². The Morgan fingerprint density at radius 3 is 1.32 bits per heavy atom. The molecule has 0 saturated heterocycles. The Labute approximate surface area is 134 Å². The zero-order valence-corrected chi connectivity index (χ0v) is 14.6. The molecule has 0 unspecified atom stereocenters. The van der Waals surface area contributed by atoms with E-state index in [0.29, 0.717) is 39.5 Å². The standard InChI is InChI=1S/C15H31N3O4/c1-14(19)17(4)8-12-21-10-6-16(3)7-11-22-13-9-18(5)15(2)20/h6-13H2,1-5H3. The van der Waals surface area contributed by atoms with E-state index < -0.39 is 0 Å². The minimum absolute atomic E-state index is 0.0493. The predicted molar refractivity (Wildman–Crippen MR) is 85.8 cm³/mol. The molecule has 0 atom stereocenters. The van der Waals surface area contributed by atoms with Crippen LogP contribution in [-0.4, -0.2) is 100 Å². The third kappa shape index (κ3) is 11.5. The van der Waals surface area contributed by atoms with E-state index in [1.807, 2.05) is 7.05 Å². The van der Waals surface area contributed by atoms with E-state index in [4.69, 9.17) is 9.47 Å². The van der Waals surface area contributed by atoms with Gasteiger partial charge in [-0.25, -0.2) is 0 Å². The lowest BCUT2D eigenvalue weighted by molar-refractivity contribution is -0.128. The van der Waals surface area contributed by atoms with Gasteiger partial charge in [0.15, 0.2) is 0 Å². The lowest BCUT2D eigenvalue weighted by Crippen LogP contribution is -2.31. The summed E-state index contributed by atoms with van der Waals surface area (Å²) in [5, 5.41) is 0. The summed E-state index contributed by atoms with van der Waals surface area (Å²) < 4.78 is 11.0. The summed E-state index contributed by atoms with van der Waals surface area (Å²) in [5.41, 5.74) is 0. The molecule has 0 aliphatic carbocycles. The van der Waals surface area contributed by atoms with Crippen LogP contribution in [0.5, 0.6) is 0 Å². The van der Waals surface area contributed by atoms with E-state index in [1.165, 1.54) is 0 Å². The van der Waals surface area contributed by atoms with Crippen LogP contribution in [0.3, 0.4) is 0 Å². The molecule has 0 saturated carbocycles. The monoisotopic (exact) mass is 317 g/mol. The van der Waals surface area contributed by atoms with E-state index in [9.17, 15) is 9.59 Å². The van der Waals surface area contributed by atoms with Crippen molar-refractivity contribution in [2.24, 2.45) is 0 Å². The van der Waals surface area contributed by atoms with E-state index in [-0.39, 0.29) is 11.8 Å². The van der Waals surface area contributed by atoms with Gasteiger partial charge in [-0.3, -0.25) is 9.59 Å². The van der Waals surface area contributed by atoms with Gasteiger partial charge >= 0.3 is 0 Å². The number of likely N-dealkylation sites (N-methyl/N-ethyl adjacent to an activating group) is 3. The molecule has 0 aromatic heterocycles. The van der Waals surface area contributed by atoms with E-state index in [1.54, 1.807) is 37.7 Å². The first-order valence-electron chi connectivity index (χ1n) is 7.62. The number of carbonyl (C=O) groups is 2. The third-order valence-corrected chi connectivity index (χ3v) is 3.45. The molecule has 0 N–H and O–H groups in total. The number of hydrogen-bond donors (Lipinski definition) is 0. The summed E-state index contributed by atoms with van der Waals surface area (Å²) in [5.74, 6) is 0.0987. The number of nitrogens with zero attached hydrogens (tertiary/aromatic N) is 3. The number of hydrogen-bond acceptors (Lipinski definition) is 5. The van der Waals surface area contributed by atoms with Crippen molar-refractivity contribution in [1.82, 2.24) is 14.7 Å². The second-order valence-corrected chi connectivity index (χ2v) is 5.41. The van der Waals surface area contributed by atoms with Crippen molar-refractivity contribution < 1.29 is 19.1 Å². The van der Waals surface area contributed by atoms with Gasteiger partial charge in [-0.15, -0.1) is 0 Å². The van der Waals surface area contributed by atoms with Crippen LogP contribution >= 0.6 is 0 Å². The molecule has 0 fully saturated rings. The first-order valence-corrected chi connectivity index (χ1v) is 7.62. The molecule has 0 aliphatic heterocycles. The molecule has 2 amide bonds. The minimum Gasteiger partial charge on any atom is -0.378 e. The lowest BCUT2D eigenvalue weighted by atomic mass is 10.5. The number of rotatable bonds is 12. The molecular formula is C15H31N3O4. The first kappa shape index (κ1) is 20.8. The Bertz CT molecular complexity index is 296. The van der Waals surface area contributed by atoms with Crippen LogP contribution in [0.1, 0.15) is 13.8 Å². The molecule has 0 spiro atoms. The molecule has 0 aliphatic rings. The van der Waals surface area contributed by atoms with E-state index in [0.717, 1.165) is 13.1 Å². The van der Waals surface area contributed by atoms with Gasteiger partial charge < -0.3 is 24.2 Å². The molecule has 0 radical (unpaired) electrons. The van der Waals surface area contributed by atoms with Crippen molar-refractivity contribution in [1.29, 1.82) is 0 Å². The topological polar surface area (TPSA) is 62.3 Å². The number of carbonyl (C=O) groups excluding carboxylic acids is 2. The van der Waals surface area contributed by atoms with Crippen LogP contribution in [0.25, 0.3) is 0 Å². The van der Waals surface area contributed by atoms with Crippen molar-refractivity contribution in [3.8, 4) is 0 Å². The summed E-state index contributed by atoms with van der Waals surface area (Å²) in [7, 11) is 5.54. The molecule has 130 valence electrons. The largest absolute Gasteiger partial charge is 0.378 e. The highest BCUT2D eigenvalue weighted by Gasteiger charge is 2.03. The summed E-state index contributed by atoms with van der Waals surface area (Å²) >= 11 is 0. The van der Waals surface area contributed by atoms with Gasteiger partial charge in [-0.2, -0.15) is 0 Å². The quantitative estimate of drug-likeness (QED) is 0.471. The normalized spacial score (nSPS) is 10.8. The van der Waals surface area contributed by atoms with Gasteiger partial charge in [0.05, 0.1) is 26.4 Å². The Morgan fingerprint density at radius 1 is 0.682 bits per heavy atom.